The second-order valence-electron chi connectivity index (χ2n) is 6.30. The quantitative estimate of drug-likeness (QED) is 0.924. The number of carbonyl (C=O) groups is 2. The fourth-order valence-electron chi connectivity index (χ4n) is 3.24. The molecule has 1 aromatic carbocycles. The van der Waals surface area contributed by atoms with Crippen molar-refractivity contribution in [2.45, 2.75) is 19.3 Å². The summed E-state index contributed by atoms with van der Waals surface area (Å²) < 4.78 is 0. The first-order valence-corrected chi connectivity index (χ1v) is 8.54. The van der Waals surface area contributed by atoms with Crippen LogP contribution in [0.1, 0.15) is 39.4 Å². The van der Waals surface area contributed by atoms with Crippen LogP contribution in [0.2, 0.25) is 0 Å². The van der Waals surface area contributed by atoms with Gasteiger partial charge < -0.3 is 10.2 Å². The number of likely N-dealkylation sites (tertiary alicyclic amines) is 1. The molecule has 0 aliphatic carbocycles. The van der Waals surface area contributed by atoms with Gasteiger partial charge in [-0.25, -0.2) is 9.97 Å². The predicted octanol–water partition coefficient (Wildman–Crippen LogP) is 1.93. The molecule has 3 rings (SSSR count). The summed E-state index contributed by atoms with van der Waals surface area (Å²) in [5.41, 5.74) is 1.94. The van der Waals surface area contributed by atoms with Crippen LogP contribution >= 0.6 is 0 Å². The van der Waals surface area contributed by atoms with Crippen LogP contribution in [0.5, 0.6) is 0 Å². The van der Waals surface area contributed by atoms with E-state index < -0.39 is 0 Å². The molecule has 1 aliphatic heterocycles. The summed E-state index contributed by atoms with van der Waals surface area (Å²) in [7, 11) is 1.58. The highest BCUT2D eigenvalue weighted by molar-refractivity contribution is 5.94. The minimum absolute atomic E-state index is 0.0824. The van der Waals surface area contributed by atoms with E-state index in [0.29, 0.717) is 18.2 Å². The lowest BCUT2D eigenvalue weighted by Crippen LogP contribution is -2.40. The van der Waals surface area contributed by atoms with Gasteiger partial charge in [0, 0.05) is 31.4 Å². The highest BCUT2D eigenvalue weighted by Crippen LogP contribution is 2.21. The summed E-state index contributed by atoms with van der Waals surface area (Å²) in [5.74, 6) is 0.209. The number of nitrogens with one attached hydrogen (secondary N) is 1. The minimum Gasteiger partial charge on any atom is -0.354 e. The maximum absolute atomic E-state index is 12.6. The minimum atomic E-state index is -0.215. The first kappa shape index (κ1) is 17.1. The summed E-state index contributed by atoms with van der Waals surface area (Å²) in [6.07, 6.45) is 4.20. The zero-order valence-corrected chi connectivity index (χ0v) is 14.3. The average Bonchev–Trinajstić information content (AvgIpc) is 2.68. The van der Waals surface area contributed by atoms with Crippen LogP contribution in [-0.4, -0.2) is 46.8 Å². The Kier molecular flexibility index (Phi) is 5.38. The van der Waals surface area contributed by atoms with E-state index in [1.807, 2.05) is 35.2 Å². The van der Waals surface area contributed by atoms with E-state index >= 15 is 0 Å². The van der Waals surface area contributed by atoms with E-state index in [9.17, 15) is 9.59 Å². The standard InChI is InChI=1S/C19H22N4O2/c1-20-18(24)17-11-16(21-13-22-17)10-14-6-5-9-23(12-14)19(25)15-7-3-2-4-8-15/h2-4,7-8,11,13-14H,5-6,9-10,12H2,1H3,(H,20,24)/t14-/m1/s1. The summed E-state index contributed by atoms with van der Waals surface area (Å²) in [6, 6.07) is 11.1. The van der Waals surface area contributed by atoms with Crippen LogP contribution in [0.25, 0.3) is 0 Å². The Bertz CT molecular complexity index is 748. The largest absolute Gasteiger partial charge is 0.354 e. The van der Waals surface area contributed by atoms with Gasteiger partial charge in [0.25, 0.3) is 11.8 Å². The molecule has 0 radical (unpaired) electrons. The van der Waals surface area contributed by atoms with Gasteiger partial charge in [0.05, 0.1) is 0 Å². The molecule has 1 atom stereocenters. The second-order valence-corrected chi connectivity index (χ2v) is 6.30. The van der Waals surface area contributed by atoms with Crippen molar-refractivity contribution in [1.29, 1.82) is 0 Å². The summed E-state index contributed by atoms with van der Waals surface area (Å²) in [6.45, 7) is 1.50. The van der Waals surface area contributed by atoms with Gasteiger partial charge >= 0.3 is 0 Å². The van der Waals surface area contributed by atoms with Crippen molar-refractivity contribution in [3.63, 3.8) is 0 Å². The zero-order chi connectivity index (χ0) is 17.6. The third kappa shape index (κ3) is 4.21. The first-order valence-electron chi connectivity index (χ1n) is 8.54. The Morgan fingerprint density at radius 2 is 2.04 bits per heavy atom. The molecule has 25 heavy (non-hydrogen) atoms. The number of amides is 2. The molecule has 2 aromatic rings. The Morgan fingerprint density at radius 1 is 1.24 bits per heavy atom. The molecular formula is C19H22N4O2. The topological polar surface area (TPSA) is 75.2 Å². The second kappa shape index (κ2) is 7.88. The molecule has 6 nitrogen and oxygen atoms in total. The third-order valence-electron chi connectivity index (χ3n) is 4.51. The van der Waals surface area contributed by atoms with Crippen LogP contribution in [-0.2, 0) is 6.42 Å². The van der Waals surface area contributed by atoms with E-state index in [1.54, 1.807) is 13.1 Å². The first-order chi connectivity index (χ1) is 12.2. The molecule has 0 bridgehead atoms. The lowest BCUT2D eigenvalue weighted by molar-refractivity contribution is 0.0672. The molecule has 0 saturated carbocycles. The smallest absolute Gasteiger partial charge is 0.269 e. The van der Waals surface area contributed by atoms with Crippen LogP contribution in [0.15, 0.2) is 42.7 Å². The molecule has 0 spiro atoms. The number of aromatic nitrogens is 2. The Morgan fingerprint density at radius 3 is 2.80 bits per heavy atom. The molecule has 1 saturated heterocycles. The van der Waals surface area contributed by atoms with Crippen molar-refractivity contribution < 1.29 is 9.59 Å². The Hall–Kier alpha value is -2.76. The van der Waals surface area contributed by atoms with Crippen LogP contribution in [0, 0.1) is 5.92 Å². The van der Waals surface area contributed by atoms with Gasteiger partial charge in [0.2, 0.25) is 0 Å². The van der Waals surface area contributed by atoms with E-state index in [-0.39, 0.29) is 11.8 Å². The van der Waals surface area contributed by atoms with Gasteiger partial charge in [-0.15, -0.1) is 0 Å². The summed E-state index contributed by atoms with van der Waals surface area (Å²) in [4.78, 5) is 34.5. The van der Waals surface area contributed by atoms with Crippen molar-refractivity contribution in [3.05, 3.63) is 59.7 Å². The highest BCUT2D eigenvalue weighted by Gasteiger charge is 2.25. The molecule has 0 unspecified atom stereocenters. The van der Waals surface area contributed by atoms with Crippen molar-refractivity contribution in [1.82, 2.24) is 20.2 Å². The number of carbonyl (C=O) groups excluding carboxylic acids is 2. The maximum atomic E-state index is 12.6. The SMILES string of the molecule is CNC(=O)c1cc(C[C@H]2CCCN(C(=O)c3ccccc3)C2)ncn1. The number of rotatable bonds is 4. The molecule has 1 aromatic heterocycles. The zero-order valence-electron chi connectivity index (χ0n) is 14.3. The van der Waals surface area contributed by atoms with Gasteiger partial charge in [0.1, 0.15) is 12.0 Å². The predicted molar refractivity (Wildman–Crippen MR) is 94.2 cm³/mol. The van der Waals surface area contributed by atoms with Gasteiger partial charge in [-0.1, -0.05) is 18.2 Å². The van der Waals surface area contributed by atoms with Gasteiger partial charge in [-0.05, 0) is 43.4 Å². The maximum Gasteiger partial charge on any atom is 0.269 e. The number of piperidine rings is 1. The fraction of sp³-hybridized carbons (Fsp3) is 0.368. The Balaban J connectivity index is 1.66. The fourth-order valence-corrected chi connectivity index (χ4v) is 3.24. The van der Waals surface area contributed by atoms with E-state index in [1.165, 1.54) is 6.33 Å². The van der Waals surface area contributed by atoms with Crippen molar-refractivity contribution in [2.75, 3.05) is 20.1 Å². The molecule has 1 N–H and O–H groups in total. The van der Waals surface area contributed by atoms with Gasteiger partial charge in [-0.2, -0.15) is 0 Å². The lowest BCUT2D eigenvalue weighted by atomic mass is 9.92. The number of nitrogens with zero attached hydrogens (tertiary/aromatic N) is 3. The molecule has 1 fully saturated rings. The normalized spacial score (nSPS) is 17.2. The highest BCUT2D eigenvalue weighted by atomic mass is 16.2. The Labute approximate surface area is 147 Å². The van der Waals surface area contributed by atoms with Gasteiger partial charge in [0.15, 0.2) is 0 Å². The van der Waals surface area contributed by atoms with Crippen molar-refractivity contribution >= 4 is 11.8 Å². The number of hydrogen-bond donors (Lipinski definition) is 1. The van der Waals surface area contributed by atoms with Gasteiger partial charge in [-0.3, -0.25) is 9.59 Å². The molecule has 2 heterocycles. The lowest BCUT2D eigenvalue weighted by Gasteiger charge is -2.32. The molecule has 6 heteroatoms. The molecule has 130 valence electrons. The molecule has 1 aliphatic rings. The van der Waals surface area contributed by atoms with Crippen LogP contribution in [0.4, 0.5) is 0 Å². The van der Waals surface area contributed by atoms with E-state index in [4.69, 9.17) is 0 Å². The van der Waals surface area contributed by atoms with Crippen molar-refractivity contribution in [3.8, 4) is 0 Å². The van der Waals surface area contributed by atoms with E-state index in [0.717, 1.165) is 37.1 Å². The third-order valence-corrected chi connectivity index (χ3v) is 4.51. The molecular weight excluding hydrogens is 316 g/mol. The number of hydrogen-bond acceptors (Lipinski definition) is 4. The number of benzene rings is 1. The average molecular weight is 338 g/mol. The van der Waals surface area contributed by atoms with Crippen LogP contribution in [0.3, 0.4) is 0 Å². The van der Waals surface area contributed by atoms with Crippen molar-refractivity contribution in [2.24, 2.45) is 5.92 Å². The molecule has 2 amide bonds. The monoisotopic (exact) mass is 338 g/mol. The summed E-state index contributed by atoms with van der Waals surface area (Å²) in [5, 5.41) is 2.57. The van der Waals surface area contributed by atoms with Crippen LogP contribution < -0.4 is 5.32 Å². The van der Waals surface area contributed by atoms with E-state index in [2.05, 4.69) is 15.3 Å². The summed E-state index contributed by atoms with van der Waals surface area (Å²) >= 11 is 0.